The number of rotatable bonds is 2. The minimum atomic E-state index is -0.0141. The maximum absolute atomic E-state index is 6.10. The Kier molecular flexibility index (Phi) is 3.68. The third-order valence-corrected chi connectivity index (χ3v) is 4.64. The van der Waals surface area contributed by atoms with Crippen molar-refractivity contribution in [3.63, 3.8) is 0 Å². The van der Waals surface area contributed by atoms with Gasteiger partial charge in [-0.05, 0) is 35.6 Å². The van der Waals surface area contributed by atoms with Gasteiger partial charge in [-0.1, -0.05) is 23.2 Å². The van der Waals surface area contributed by atoms with Crippen molar-refractivity contribution in [1.29, 1.82) is 0 Å². The summed E-state index contributed by atoms with van der Waals surface area (Å²) in [7, 11) is 0. The zero-order chi connectivity index (χ0) is 11.9. The molecule has 0 bridgehead atoms. The van der Waals surface area contributed by atoms with Crippen LogP contribution in [0.4, 0.5) is 5.82 Å². The summed E-state index contributed by atoms with van der Waals surface area (Å²) in [6.07, 6.45) is 1.73. The molecule has 3 nitrogen and oxygen atoms in total. The molecule has 0 saturated heterocycles. The van der Waals surface area contributed by atoms with Gasteiger partial charge in [0.25, 0.3) is 0 Å². The molecule has 2 rings (SSSR count). The smallest absolute Gasteiger partial charge is 0.135 e. The van der Waals surface area contributed by atoms with Crippen molar-refractivity contribution in [3.05, 3.63) is 30.1 Å². The summed E-state index contributed by atoms with van der Waals surface area (Å²) < 4.78 is 4.03. The summed E-state index contributed by atoms with van der Waals surface area (Å²) in [4.78, 5) is 0. The van der Waals surface area contributed by atoms with Gasteiger partial charge < -0.3 is 5.73 Å². The van der Waals surface area contributed by atoms with Crippen LogP contribution >= 0.6 is 57.1 Å². The fourth-order valence-corrected chi connectivity index (χ4v) is 3.43. The van der Waals surface area contributed by atoms with Gasteiger partial charge in [0.1, 0.15) is 5.82 Å². The van der Waals surface area contributed by atoms with Gasteiger partial charge in [-0.15, -0.1) is 11.3 Å². The Bertz CT molecular complexity index is 521. The Hall–Kier alpha value is 0.0200. The van der Waals surface area contributed by atoms with Crippen LogP contribution in [0.1, 0.15) is 18.5 Å². The molecule has 2 aromatic rings. The molecule has 16 heavy (non-hydrogen) atoms. The second-order valence-corrected chi connectivity index (χ2v) is 6.73. The average Bonchev–Trinajstić information content (AvgIpc) is 2.71. The molecule has 1 atom stereocenters. The van der Waals surface area contributed by atoms with E-state index in [4.69, 9.17) is 28.9 Å². The van der Waals surface area contributed by atoms with Crippen molar-refractivity contribution in [2.24, 2.45) is 0 Å². The molecule has 0 aliphatic carbocycles. The lowest BCUT2D eigenvalue weighted by Crippen LogP contribution is -2.11. The number of aromatic nitrogens is 2. The van der Waals surface area contributed by atoms with Crippen LogP contribution in [0.2, 0.25) is 8.67 Å². The van der Waals surface area contributed by atoms with Crippen LogP contribution in [-0.4, -0.2) is 9.78 Å². The average molecular weight is 388 g/mol. The van der Waals surface area contributed by atoms with Crippen LogP contribution in [0.5, 0.6) is 0 Å². The Morgan fingerprint density at radius 1 is 1.56 bits per heavy atom. The number of nitrogens with two attached hydrogens (primary N) is 1. The van der Waals surface area contributed by atoms with Crippen molar-refractivity contribution in [3.8, 4) is 0 Å². The van der Waals surface area contributed by atoms with E-state index in [9.17, 15) is 0 Å². The highest BCUT2D eigenvalue weighted by Crippen LogP contribution is 2.37. The quantitative estimate of drug-likeness (QED) is 0.790. The number of hydrogen-bond donors (Lipinski definition) is 1. The third kappa shape index (κ3) is 2.18. The van der Waals surface area contributed by atoms with Crippen LogP contribution in [0.15, 0.2) is 12.3 Å². The molecule has 0 aliphatic rings. The van der Waals surface area contributed by atoms with Gasteiger partial charge in [-0.25, -0.2) is 4.68 Å². The van der Waals surface area contributed by atoms with Crippen LogP contribution in [0.3, 0.4) is 0 Å². The van der Waals surface area contributed by atoms with Crippen molar-refractivity contribution in [1.82, 2.24) is 9.78 Å². The minimum Gasteiger partial charge on any atom is -0.383 e. The molecule has 2 heterocycles. The molecule has 2 N–H and O–H groups in total. The van der Waals surface area contributed by atoms with Crippen LogP contribution < -0.4 is 5.73 Å². The molecule has 1 unspecified atom stereocenters. The molecule has 2 aromatic heterocycles. The maximum atomic E-state index is 6.10. The summed E-state index contributed by atoms with van der Waals surface area (Å²) in [6, 6.07) is 1.84. The fourth-order valence-electron chi connectivity index (χ4n) is 1.43. The zero-order valence-electron chi connectivity index (χ0n) is 8.25. The van der Waals surface area contributed by atoms with Gasteiger partial charge in [-0.3, -0.25) is 0 Å². The lowest BCUT2D eigenvalue weighted by atomic mass is 10.2. The van der Waals surface area contributed by atoms with Gasteiger partial charge in [0.15, 0.2) is 0 Å². The zero-order valence-corrected chi connectivity index (χ0v) is 12.7. The first-order valence-electron chi connectivity index (χ1n) is 4.44. The number of anilines is 1. The van der Waals surface area contributed by atoms with E-state index in [1.54, 1.807) is 10.9 Å². The molecule has 0 aromatic carbocycles. The SMILES string of the molecule is CC(c1cc(Cl)sc1Cl)n1ncc(I)c1N. The molecule has 0 spiro atoms. The maximum Gasteiger partial charge on any atom is 0.135 e. The van der Waals surface area contributed by atoms with Gasteiger partial charge in [-0.2, -0.15) is 5.10 Å². The molecular formula is C9H8Cl2IN3S. The first-order chi connectivity index (χ1) is 7.50. The molecule has 0 amide bonds. The molecule has 86 valence electrons. The Morgan fingerprint density at radius 2 is 2.25 bits per heavy atom. The van der Waals surface area contributed by atoms with Crippen molar-refractivity contribution in [2.75, 3.05) is 5.73 Å². The topological polar surface area (TPSA) is 43.8 Å². The van der Waals surface area contributed by atoms with Crippen molar-refractivity contribution in [2.45, 2.75) is 13.0 Å². The fraction of sp³-hybridized carbons (Fsp3) is 0.222. The largest absolute Gasteiger partial charge is 0.383 e. The van der Waals surface area contributed by atoms with Gasteiger partial charge in [0.05, 0.1) is 24.5 Å². The predicted octanol–water partition coefficient (Wildman–Crippen LogP) is 4.05. The van der Waals surface area contributed by atoms with Crippen molar-refractivity contribution >= 4 is 62.9 Å². The van der Waals surface area contributed by atoms with E-state index in [-0.39, 0.29) is 6.04 Å². The van der Waals surface area contributed by atoms with E-state index in [0.29, 0.717) is 14.5 Å². The second-order valence-electron chi connectivity index (χ2n) is 3.28. The van der Waals surface area contributed by atoms with Crippen LogP contribution in [0.25, 0.3) is 0 Å². The number of nitrogen functional groups attached to an aromatic ring is 1. The number of hydrogen-bond acceptors (Lipinski definition) is 3. The van der Waals surface area contributed by atoms with Crippen LogP contribution in [-0.2, 0) is 0 Å². The lowest BCUT2D eigenvalue weighted by molar-refractivity contribution is 0.574. The van der Waals surface area contributed by atoms with Gasteiger partial charge in [0, 0.05) is 5.56 Å². The molecule has 7 heteroatoms. The molecule has 0 fully saturated rings. The Balaban J connectivity index is 2.42. The highest BCUT2D eigenvalue weighted by Gasteiger charge is 2.18. The van der Waals surface area contributed by atoms with Gasteiger partial charge >= 0.3 is 0 Å². The monoisotopic (exact) mass is 387 g/mol. The standard InChI is InChI=1S/C9H8Cl2IN3S/c1-4(5-2-7(10)16-8(5)11)15-9(13)6(12)3-14-15/h2-4H,13H2,1H3. The summed E-state index contributed by atoms with van der Waals surface area (Å²) in [5.74, 6) is 0.645. The third-order valence-electron chi connectivity index (χ3n) is 2.29. The highest BCUT2D eigenvalue weighted by molar-refractivity contribution is 14.1. The second kappa shape index (κ2) is 4.72. The van der Waals surface area contributed by atoms with E-state index in [0.717, 1.165) is 9.13 Å². The van der Waals surface area contributed by atoms with E-state index >= 15 is 0 Å². The number of thiophene rings is 1. The number of nitrogens with zero attached hydrogens (tertiary/aromatic N) is 2. The molecule has 0 saturated carbocycles. The summed E-state index contributed by atoms with van der Waals surface area (Å²) in [5.41, 5.74) is 6.87. The van der Waals surface area contributed by atoms with E-state index in [2.05, 4.69) is 27.7 Å². The van der Waals surface area contributed by atoms with E-state index in [1.807, 2.05) is 13.0 Å². The predicted molar refractivity (Wildman–Crippen MR) is 77.5 cm³/mol. The Morgan fingerprint density at radius 3 is 2.69 bits per heavy atom. The number of halogens is 3. The van der Waals surface area contributed by atoms with Gasteiger partial charge in [0.2, 0.25) is 0 Å². The summed E-state index contributed by atoms with van der Waals surface area (Å²) >= 11 is 15.5. The van der Waals surface area contributed by atoms with Crippen molar-refractivity contribution < 1.29 is 0 Å². The Labute approximate surface area is 121 Å². The van der Waals surface area contributed by atoms with Crippen LogP contribution in [0, 0.1) is 3.57 Å². The summed E-state index contributed by atoms with van der Waals surface area (Å²) in [6.45, 7) is 1.99. The summed E-state index contributed by atoms with van der Waals surface area (Å²) in [5, 5.41) is 4.23. The molecule has 0 radical (unpaired) electrons. The lowest BCUT2D eigenvalue weighted by Gasteiger charge is -2.13. The molecule has 0 aliphatic heterocycles. The minimum absolute atomic E-state index is 0.0141. The van der Waals surface area contributed by atoms with E-state index in [1.165, 1.54) is 11.3 Å². The highest BCUT2D eigenvalue weighted by atomic mass is 127. The normalized spacial score (nSPS) is 13.0. The first kappa shape index (κ1) is 12.5. The molecular weight excluding hydrogens is 380 g/mol. The van der Waals surface area contributed by atoms with E-state index < -0.39 is 0 Å². The first-order valence-corrected chi connectivity index (χ1v) is 7.09.